The van der Waals surface area contributed by atoms with Gasteiger partial charge in [-0.05, 0) is 67.6 Å². The van der Waals surface area contributed by atoms with Crippen LogP contribution in [0.4, 0.5) is 17.1 Å². The van der Waals surface area contributed by atoms with Gasteiger partial charge < -0.3 is 20.7 Å². The molecule has 0 radical (unpaired) electrons. The molecule has 0 atom stereocenters. The molecule has 3 N–H and O–H groups in total. The lowest BCUT2D eigenvalue weighted by Crippen LogP contribution is -2.21. The molecule has 0 heterocycles. The van der Waals surface area contributed by atoms with E-state index >= 15 is 0 Å². The number of hydrogen-bond donors (Lipinski definition) is 3. The number of benzene rings is 3. The Morgan fingerprint density at radius 3 is 2.19 bits per heavy atom. The fourth-order valence-corrected chi connectivity index (χ4v) is 2.84. The fraction of sp³-hybridized carbons (Fsp3) is 0.120. The SMILES string of the molecule is C=CCOc1ccc(NCC(=O)Nc2ccc(NC(=O)c3cccc(C)c3)cc2)cc1. The zero-order chi connectivity index (χ0) is 22.1. The van der Waals surface area contributed by atoms with Gasteiger partial charge in [0.1, 0.15) is 12.4 Å². The van der Waals surface area contributed by atoms with Gasteiger partial charge in [-0.2, -0.15) is 0 Å². The second-order valence-electron chi connectivity index (χ2n) is 6.93. The summed E-state index contributed by atoms with van der Waals surface area (Å²) in [4.78, 5) is 24.5. The molecular formula is C25H25N3O3. The number of hydrogen-bond acceptors (Lipinski definition) is 4. The summed E-state index contributed by atoms with van der Waals surface area (Å²) in [5, 5.41) is 8.73. The van der Waals surface area contributed by atoms with E-state index in [1.807, 2.05) is 49.4 Å². The predicted octanol–water partition coefficient (Wildman–Crippen LogP) is 4.86. The Balaban J connectivity index is 1.47. The van der Waals surface area contributed by atoms with Crippen LogP contribution in [-0.2, 0) is 4.79 Å². The van der Waals surface area contributed by atoms with E-state index in [0.29, 0.717) is 23.5 Å². The lowest BCUT2D eigenvalue weighted by Gasteiger charge is -2.10. The second-order valence-corrected chi connectivity index (χ2v) is 6.93. The van der Waals surface area contributed by atoms with Gasteiger partial charge in [0.25, 0.3) is 5.91 Å². The van der Waals surface area contributed by atoms with Crippen molar-refractivity contribution in [1.82, 2.24) is 0 Å². The van der Waals surface area contributed by atoms with E-state index < -0.39 is 0 Å². The second kappa shape index (κ2) is 10.6. The van der Waals surface area contributed by atoms with Gasteiger partial charge in [-0.25, -0.2) is 0 Å². The van der Waals surface area contributed by atoms with E-state index in [9.17, 15) is 9.59 Å². The molecule has 0 saturated heterocycles. The summed E-state index contributed by atoms with van der Waals surface area (Å²) >= 11 is 0. The summed E-state index contributed by atoms with van der Waals surface area (Å²) in [6.07, 6.45) is 1.68. The summed E-state index contributed by atoms with van der Waals surface area (Å²) in [6.45, 7) is 6.12. The quantitative estimate of drug-likeness (QED) is 0.436. The van der Waals surface area contributed by atoms with Gasteiger partial charge in [-0.1, -0.05) is 30.4 Å². The topological polar surface area (TPSA) is 79.5 Å². The average molecular weight is 415 g/mol. The third-order valence-corrected chi connectivity index (χ3v) is 4.38. The van der Waals surface area contributed by atoms with Crippen molar-refractivity contribution in [3.63, 3.8) is 0 Å². The first kappa shape index (κ1) is 21.6. The van der Waals surface area contributed by atoms with Crippen LogP contribution in [0.3, 0.4) is 0 Å². The Hall–Kier alpha value is -4.06. The van der Waals surface area contributed by atoms with Crippen LogP contribution in [-0.4, -0.2) is 25.0 Å². The first-order valence-electron chi connectivity index (χ1n) is 9.89. The Kier molecular flexibility index (Phi) is 7.43. The number of ether oxygens (including phenoxy) is 1. The van der Waals surface area contributed by atoms with Crippen LogP contribution >= 0.6 is 0 Å². The van der Waals surface area contributed by atoms with E-state index in [1.54, 1.807) is 36.4 Å². The van der Waals surface area contributed by atoms with Crippen molar-refractivity contribution in [2.24, 2.45) is 0 Å². The molecule has 0 aliphatic rings. The first-order valence-corrected chi connectivity index (χ1v) is 9.89. The molecule has 0 unspecified atom stereocenters. The molecular weight excluding hydrogens is 390 g/mol. The zero-order valence-corrected chi connectivity index (χ0v) is 17.4. The number of amides is 2. The minimum absolute atomic E-state index is 0.124. The molecule has 6 nitrogen and oxygen atoms in total. The van der Waals surface area contributed by atoms with Crippen LogP contribution < -0.4 is 20.7 Å². The molecule has 3 aromatic carbocycles. The predicted molar refractivity (Wildman–Crippen MR) is 125 cm³/mol. The fourth-order valence-electron chi connectivity index (χ4n) is 2.84. The Morgan fingerprint density at radius 1 is 0.903 bits per heavy atom. The molecule has 0 spiro atoms. The molecule has 0 bridgehead atoms. The highest BCUT2D eigenvalue weighted by atomic mass is 16.5. The third kappa shape index (κ3) is 6.75. The number of carbonyl (C=O) groups is 2. The van der Waals surface area contributed by atoms with Crippen molar-refractivity contribution in [3.8, 4) is 5.75 Å². The lowest BCUT2D eigenvalue weighted by atomic mass is 10.1. The number of anilines is 3. The highest BCUT2D eigenvalue weighted by molar-refractivity contribution is 6.04. The van der Waals surface area contributed by atoms with E-state index in [2.05, 4.69) is 22.5 Å². The van der Waals surface area contributed by atoms with Crippen LogP contribution in [0.15, 0.2) is 85.5 Å². The van der Waals surface area contributed by atoms with E-state index in [0.717, 1.165) is 17.0 Å². The summed E-state index contributed by atoms with van der Waals surface area (Å²) in [7, 11) is 0. The summed E-state index contributed by atoms with van der Waals surface area (Å²) in [5.74, 6) is 0.388. The Labute approximate surface area is 181 Å². The van der Waals surface area contributed by atoms with Crippen LogP contribution in [0.25, 0.3) is 0 Å². The third-order valence-electron chi connectivity index (χ3n) is 4.38. The van der Waals surface area contributed by atoms with Crippen molar-refractivity contribution < 1.29 is 14.3 Å². The van der Waals surface area contributed by atoms with Crippen LogP contribution in [0.1, 0.15) is 15.9 Å². The van der Waals surface area contributed by atoms with Crippen molar-refractivity contribution >= 4 is 28.9 Å². The zero-order valence-electron chi connectivity index (χ0n) is 17.4. The van der Waals surface area contributed by atoms with E-state index in [-0.39, 0.29) is 18.4 Å². The number of nitrogens with one attached hydrogen (secondary N) is 3. The van der Waals surface area contributed by atoms with Crippen molar-refractivity contribution in [2.75, 3.05) is 29.1 Å². The minimum atomic E-state index is -0.177. The van der Waals surface area contributed by atoms with Gasteiger partial charge in [0.15, 0.2) is 0 Å². The number of aryl methyl sites for hydroxylation is 1. The van der Waals surface area contributed by atoms with Gasteiger partial charge in [-0.3, -0.25) is 9.59 Å². The molecule has 0 saturated carbocycles. The molecule has 0 fully saturated rings. The maximum absolute atomic E-state index is 12.3. The molecule has 2 amide bonds. The van der Waals surface area contributed by atoms with Gasteiger partial charge >= 0.3 is 0 Å². The largest absolute Gasteiger partial charge is 0.490 e. The van der Waals surface area contributed by atoms with Gasteiger partial charge in [-0.15, -0.1) is 0 Å². The standard InChI is InChI=1S/C25H25N3O3/c1-3-15-31-23-13-11-20(12-14-23)26-17-24(29)27-21-7-9-22(10-8-21)28-25(30)19-6-4-5-18(2)16-19/h3-14,16,26H,1,15,17H2,2H3,(H,27,29)(H,28,30). The molecule has 3 rings (SSSR count). The van der Waals surface area contributed by atoms with E-state index in [1.165, 1.54) is 0 Å². The first-order chi connectivity index (χ1) is 15.0. The molecule has 3 aromatic rings. The Bertz CT molecular complexity index is 1040. The lowest BCUT2D eigenvalue weighted by molar-refractivity contribution is -0.114. The number of carbonyl (C=O) groups excluding carboxylic acids is 2. The number of rotatable bonds is 9. The molecule has 6 heteroatoms. The van der Waals surface area contributed by atoms with Crippen LogP contribution in [0.5, 0.6) is 5.75 Å². The summed E-state index contributed by atoms with van der Waals surface area (Å²) in [6, 6.07) is 21.7. The van der Waals surface area contributed by atoms with E-state index in [4.69, 9.17) is 4.74 Å². The van der Waals surface area contributed by atoms with Crippen LogP contribution in [0.2, 0.25) is 0 Å². The minimum Gasteiger partial charge on any atom is -0.490 e. The molecule has 158 valence electrons. The van der Waals surface area contributed by atoms with Crippen LogP contribution in [0, 0.1) is 6.92 Å². The van der Waals surface area contributed by atoms with Gasteiger partial charge in [0.05, 0.1) is 6.54 Å². The maximum Gasteiger partial charge on any atom is 0.255 e. The highest BCUT2D eigenvalue weighted by Crippen LogP contribution is 2.17. The summed E-state index contributed by atoms with van der Waals surface area (Å²) in [5.41, 5.74) is 3.74. The smallest absolute Gasteiger partial charge is 0.255 e. The highest BCUT2D eigenvalue weighted by Gasteiger charge is 2.07. The van der Waals surface area contributed by atoms with Crippen molar-refractivity contribution in [1.29, 1.82) is 0 Å². The van der Waals surface area contributed by atoms with Crippen molar-refractivity contribution in [3.05, 3.63) is 96.6 Å². The molecule has 0 aromatic heterocycles. The average Bonchev–Trinajstić information content (AvgIpc) is 2.78. The Morgan fingerprint density at radius 2 is 1.55 bits per heavy atom. The van der Waals surface area contributed by atoms with Gasteiger partial charge in [0.2, 0.25) is 5.91 Å². The maximum atomic E-state index is 12.3. The monoisotopic (exact) mass is 415 g/mol. The molecule has 31 heavy (non-hydrogen) atoms. The summed E-state index contributed by atoms with van der Waals surface area (Å²) < 4.78 is 5.43. The normalized spacial score (nSPS) is 10.1. The van der Waals surface area contributed by atoms with Gasteiger partial charge in [0, 0.05) is 22.6 Å². The molecule has 0 aliphatic heterocycles. The van der Waals surface area contributed by atoms with Crippen molar-refractivity contribution in [2.45, 2.75) is 6.92 Å². The molecule has 0 aliphatic carbocycles.